The third-order valence-corrected chi connectivity index (χ3v) is 4.32. The number of aromatic nitrogens is 2. The van der Waals surface area contributed by atoms with Gasteiger partial charge in [-0.25, -0.2) is 0 Å². The molecule has 2 aliphatic rings. The minimum atomic E-state index is 0.556. The predicted molar refractivity (Wildman–Crippen MR) is 69.5 cm³/mol. The first kappa shape index (κ1) is 12.2. The van der Waals surface area contributed by atoms with Gasteiger partial charge in [-0.3, -0.25) is 0 Å². The lowest BCUT2D eigenvalue weighted by molar-refractivity contribution is 0.351. The van der Waals surface area contributed by atoms with Crippen LogP contribution in [0.4, 0.5) is 0 Å². The van der Waals surface area contributed by atoms with E-state index in [2.05, 4.69) is 15.5 Å². The molecule has 100 valence electrons. The molecule has 3 rings (SSSR count). The molecule has 1 saturated carbocycles. The molecule has 2 fully saturated rings. The van der Waals surface area contributed by atoms with Crippen molar-refractivity contribution in [2.75, 3.05) is 6.54 Å². The van der Waals surface area contributed by atoms with Gasteiger partial charge in [0.05, 0.1) is 0 Å². The van der Waals surface area contributed by atoms with E-state index in [-0.39, 0.29) is 0 Å². The van der Waals surface area contributed by atoms with Gasteiger partial charge in [-0.05, 0) is 38.6 Å². The fourth-order valence-electron chi connectivity index (χ4n) is 3.20. The van der Waals surface area contributed by atoms with Crippen LogP contribution in [0, 0.1) is 0 Å². The lowest BCUT2D eigenvalue weighted by Crippen LogP contribution is -2.21. The van der Waals surface area contributed by atoms with Gasteiger partial charge < -0.3 is 9.84 Å². The summed E-state index contributed by atoms with van der Waals surface area (Å²) in [5.41, 5.74) is 0. The third kappa shape index (κ3) is 2.91. The molecule has 1 atom stereocenters. The first-order valence-electron chi connectivity index (χ1n) is 7.47. The summed E-state index contributed by atoms with van der Waals surface area (Å²) in [7, 11) is 0. The SMILES string of the molecule is C1CCC(c2noc(CCC3CCCN3)n2)CC1. The number of rotatable bonds is 4. The van der Waals surface area contributed by atoms with Gasteiger partial charge in [0.2, 0.25) is 5.89 Å². The van der Waals surface area contributed by atoms with Crippen LogP contribution in [-0.2, 0) is 6.42 Å². The van der Waals surface area contributed by atoms with E-state index in [1.54, 1.807) is 0 Å². The first-order chi connectivity index (χ1) is 8.92. The zero-order valence-corrected chi connectivity index (χ0v) is 11.0. The monoisotopic (exact) mass is 249 g/mol. The summed E-state index contributed by atoms with van der Waals surface area (Å²) >= 11 is 0. The number of nitrogens with one attached hydrogen (secondary N) is 1. The predicted octanol–water partition coefficient (Wildman–Crippen LogP) is 2.80. The van der Waals surface area contributed by atoms with Crippen molar-refractivity contribution in [1.29, 1.82) is 0 Å². The Bertz CT molecular complexity index is 365. The summed E-state index contributed by atoms with van der Waals surface area (Å²) in [4.78, 5) is 4.59. The highest BCUT2D eigenvalue weighted by Gasteiger charge is 2.21. The second-order valence-electron chi connectivity index (χ2n) is 5.71. The molecule has 0 spiro atoms. The van der Waals surface area contributed by atoms with Crippen LogP contribution in [0.25, 0.3) is 0 Å². The minimum absolute atomic E-state index is 0.556. The van der Waals surface area contributed by atoms with Crippen molar-refractivity contribution in [1.82, 2.24) is 15.5 Å². The summed E-state index contributed by atoms with van der Waals surface area (Å²) in [6.07, 6.45) is 11.1. The number of hydrogen-bond donors (Lipinski definition) is 1. The number of nitrogens with zero attached hydrogens (tertiary/aromatic N) is 2. The molecule has 1 aliphatic heterocycles. The van der Waals surface area contributed by atoms with Crippen LogP contribution in [0.3, 0.4) is 0 Å². The van der Waals surface area contributed by atoms with Crippen LogP contribution in [0.5, 0.6) is 0 Å². The highest BCUT2D eigenvalue weighted by atomic mass is 16.5. The Morgan fingerprint density at radius 1 is 1.11 bits per heavy atom. The maximum absolute atomic E-state index is 5.39. The molecule has 0 radical (unpaired) electrons. The molecule has 1 aromatic rings. The molecular weight excluding hydrogens is 226 g/mol. The van der Waals surface area contributed by atoms with E-state index in [0.29, 0.717) is 12.0 Å². The maximum Gasteiger partial charge on any atom is 0.226 e. The normalized spacial score (nSPS) is 25.7. The van der Waals surface area contributed by atoms with Crippen LogP contribution >= 0.6 is 0 Å². The summed E-state index contributed by atoms with van der Waals surface area (Å²) in [5.74, 6) is 2.36. The van der Waals surface area contributed by atoms with E-state index < -0.39 is 0 Å². The zero-order chi connectivity index (χ0) is 12.2. The molecule has 4 heteroatoms. The second kappa shape index (κ2) is 5.83. The summed E-state index contributed by atoms with van der Waals surface area (Å²) in [6, 6.07) is 0.662. The van der Waals surface area contributed by atoms with Crippen LogP contribution in [0.1, 0.15) is 69.0 Å². The van der Waals surface area contributed by atoms with Crippen LogP contribution in [-0.4, -0.2) is 22.7 Å². The van der Waals surface area contributed by atoms with Gasteiger partial charge >= 0.3 is 0 Å². The number of aryl methyl sites for hydroxylation is 1. The van der Waals surface area contributed by atoms with Crippen molar-refractivity contribution in [2.24, 2.45) is 0 Å². The van der Waals surface area contributed by atoms with Crippen molar-refractivity contribution < 1.29 is 4.52 Å². The van der Waals surface area contributed by atoms with Gasteiger partial charge in [-0.2, -0.15) is 4.98 Å². The van der Waals surface area contributed by atoms with Crippen LogP contribution in [0.2, 0.25) is 0 Å². The van der Waals surface area contributed by atoms with Gasteiger partial charge in [0.1, 0.15) is 0 Å². The Morgan fingerprint density at radius 3 is 2.78 bits per heavy atom. The average molecular weight is 249 g/mol. The lowest BCUT2D eigenvalue weighted by Gasteiger charge is -2.17. The highest BCUT2D eigenvalue weighted by molar-refractivity contribution is 4.97. The van der Waals surface area contributed by atoms with Crippen molar-refractivity contribution >= 4 is 0 Å². The van der Waals surface area contributed by atoms with E-state index in [9.17, 15) is 0 Å². The largest absolute Gasteiger partial charge is 0.339 e. The van der Waals surface area contributed by atoms with Crippen LogP contribution in [0.15, 0.2) is 4.52 Å². The van der Waals surface area contributed by atoms with Crippen molar-refractivity contribution in [3.63, 3.8) is 0 Å². The smallest absolute Gasteiger partial charge is 0.226 e. The first-order valence-corrected chi connectivity index (χ1v) is 7.47. The highest BCUT2D eigenvalue weighted by Crippen LogP contribution is 2.30. The molecule has 1 aromatic heterocycles. The van der Waals surface area contributed by atoms with Gasteiger partial charge in [0, 0.05) is 18.4 Å². The van der Waals surface area contributed by atoms with Gasteiger partial charge in [-0.15, -0.1) is 0 Å². The Balaban J connectivity index is 1.52. The van der Waals surface area contributed by atoms with E-state index in [1.165, 1.54) is 51.5 Å². The Labute approximate surface area is 109 Å². The maximum atomic E-state index is 5.39. The lowest BCUT2D eigenvalue weighted by atomic mass is 9.89. The molecule has 0 aromatic carbocycles. The summed E-state index contributed by atoms with van der Waals surface area (Å²) in [6.45, 7) is 1.17. The summed E-state index contributed by atoms with van der Waals surface area (Å²) in [5, 5.41) is 7.69. The number of hydrogen-bond acceptors (Lipinski definition) is 4. The third-order valence-electron chi connectivity index (χ3n) is 4.32. The molecule has 1 saturated heterocycles. The van der Waals surface area contributed by atoms with Gasteiger partial charge in [0.25, 0.3) is 0 Å². The van der Waals surface area contributed by atoms with Crippen molar-refractivity contribution in [3.8, 4) is 0 Å². The molecule has 4 nitrogen and oxygen atoms in total. The Morgan fingerprint density at radius 2 is 2.00 bits per heavy atom. The van der Waals surface area contributed by atoms with Crippen LogP contribution < -0.4 is 5.32 Å². The van der Waals surface area contributed by atoms with Crippen molar-refractivity contribution in [3.05, 3.63) is 11.7 Å². The molecule has 2 heterocycles. The quantitative estimate of drug-likeness (QED) is 0.891. The standard InChI is InChI=1S/C14H23N3O/c1-2-5-11(6-3-1)14-16-13(18-17-14)9-8-12-7-4-10-15-12/h11-12,15H,1-10H2. The molecular formula is C14H23N3O. The fourth-order valence-corrected chi connectivity index (χ4v) is 3.20. The van der Waals surface area contributed by atoms with E-state index in [0.717, 1.165) is 24.6 Å². The van der Waals surface area contributed by atoms with Crippen molar-refractivity contribution in [2.45, 2.75) is 69.7 Å². The van der Waals surface area contributed by atoms with Gasteiger partial charge in [0.15, 0.2) is 5.82 Å². The second-order valence-corrected chi connectivity index (χ2v) is 5.71. The minimum Gasteiger partial charge on any atom is -0.339 e. The van der Waals surface area contributed by atoms with E-state index >= 15 is 0 Å². The molecule has 1 aliphatic carbocycles. The van der Waals surface area contributed by atoms with E-state index in [4.69, 9.17) is 4.52 Å². The molecule has 0 bridgehead atoms. The average Bonchev–Trinajstić information content (AvgIpc) is 3.09. The molecule has 1 N–H and O–H groups in total. The molecule has 1 unspecified atom stereocenters. The zero-order valence-electron chi connectivity index (χ0n) is 11.0. The summed E-state index contributed by atoms with van der Waals surface area (Å²) < 4.78 is 5.39. The Hall–Kier alpha value is -0.900. The Kier molecular flexibility index (Phi) is 3.93. The molecule has 18 heavy (non-hydrogen) atoms. The fraction of sp³-hybridized carbons (Fsp3) is 0.857. The van der Waals surface area contributed by atoms with Gasteiger partial charge in [-0.1, -0.05) is 24.4 Å². The molecule has 0 amide bonds. The van der Waals surface area contributed by atoms with E-state index in [1.807, 2.05) is 0 Å². The topological polar surface area (TPSA) is 51.0 Å².